The van der Waals surface area contributed by atoms with E-state index in [9.17, 15) is 14.7 Å². The van der Waals surface area contributed by atoms with E-state index in [1.54, 1.807) is 49.7 Å². The molecule has 6 heteroatoms. The summed E-state index contributed by atoms with van der Waals surface area (Å²) in [5.74, 6) is -1.02. The number of methoxy groups -OCH3 is 1. The highest BCUT2D eigenvalue weighted by molar-refractivity contribution is 6.46. The Morgan fingerprint density at radius 1 is 0.971 bits per heavy atom. The van der Waals surface area contributed by atoms with Gasteiger partial charge in [-0.15, -0.1) is 0 Å². The Bertz CT molecular complexity index is 1420. The number of ether oxygens (including phenoxy) is 1. The molecule has 0 radical (unpaired) electrons. The molecule has 1 aliphatic heterocycles. The molecule has 0 spiro atoms. The minimum Gasteiger partial charge on any atom is -0.507 e. The van der Waals surface area contributed by atoms with Gasteiger partial charge >= 0.3 is 0 Å². The number of carbonyl (C=O) groups is 2. The first-order valence-electron chi connectivity index (χ1n) is 10.9. The molecular formula is C28H22N2O4. The summed E-state index contributed by atoms with van der Waals surface area (Å²) in [6, 6.07) is 24.9. The zero-order chi connectivity index (χ0) is 23.7. The van der Waals surface area contributed by atoms with Crippen molar-refractivity contribution >= 4 is 28.2 Å². The van der Waals surface area contributed by atoms with Crippen molar-refractivity contribution in [1.82, 2.24) is 9.88 Å². The number of hydrogen-bond acceptors (Lipinski definition) is 5. The number of aromatic nitrogens is 1. The van der Waals surface area contributed by atoms with Crippen LogP contribution in [0.25, 0.3) is 16.5 Å². The van der Waals surface area contributed by atoms with Gasteiger partial charge in [-0.1, -0.05) is 60.7 Å². The Kier molecular flexibility index (Phi) is 5.55. The molecule has 1 amide bonds. The van der Waals surface area contributed by atoms with Gasteiger partial charge in [0.15, 0.2) is 0 Å². The lowest BCUT2D eigenvalue weighted by molar-refractivity contribution is -0.140. The number of nitrogens with zero attached hydrogens (tertiary/aromatic N) is 2. The van der Waals surface area contributed by atoms with Crippen LogP contribution in [-0.2, 0) is 16.1 Å². The van der Waals surface area contributed by atoms with Gasteiger partial charge in [0, 0.05) is 11.8 Å². The first-order valence-corrected chi connectivity index (χ1v) is 10.9. The number of likely N-dealkylation sites (tertiary alicyclic amines) is 1. The van der Waals surface area contributed by atoms with Crippen LogP contribution in [-0.4, -0.2) is 33.8 Å². The van der Waals surface area contributed by atoms with E-state index in [-0.39, 0.29) is 17.9 Å². The molecule has 0 saturated carbocycles. The summed E-state index contributed by atoms with van der Waals surface area (Å²) in [5, 5.41) is 13.2. The Balaban J connectivity index is 1.72. The fourth-order valence-electron chi connectivity index (χ4n) is 4.44. The van der Waals surface area contributed by atoms with E-state index in [1.165, 1.54) is 4.90 Å². The topological polar surface area (TPSA) is 79.7 Å². The molecule has 1 unspecified atom stereocenters. The molecule has 5 rings (SSSR count). The van der Waals surface area contributed by atoms with Gasteiger partial charge in [-0.3, -0.25) is 14.6 Å². The molecule has 4 aromatic rings. The fraction of sp³-hybridized carbons (Fsp3) is 0.107. The van der Waals surface area contributed by atoms with E-state index < -0.39 is 17.7 Å². The lowest BCUT2D eigenvalue weighted by Gasteiger charge is -2.25. The Labute approximate surface area is 196 Å². The lowest BCUT2D eigenvalue weighted by atomic mass is 9.93. The van der Waals surface area contributed by atoms with Gasteiger partial charge in [-0.05, 0) is 40.6 Å². The molecule has 6 nitrogen and oxygen atoms in total. The highest BCUT2D eigenvalue weighted by Crippen LogP contribution is 2.41. The average Bonchev–Trinajstić information content (AvgIpc) is 3.13. The van der Waals surface area contributed by atoms with Gasteiger partial charge in [0.25, 0.3) is 11.7 Å². The van der Waals surface area contributed by atoms with Gasteiger partial charge in [-0.2, -0.15) is 0 Å². The quantitative estimate of drug-likeness (QED) is 0.267. The summed E-state index contributed by atoms with van der Waals surface area (Å²) in [6.07, 6.45) is 1.64. The minimum absolute atomic E-state index is 0.0468. The van der Waals surface area contributed by atoms with Crippen LogP contribution in [0.5, 0.6) is 5.75 Å². The summed E-state index contributed by atoms with van der Waals surface area (Å²) < 4.78 is 5.38. The first-order chi connectivity index (χ1) is 16.6. The van der Waals surface area contributed by atoms with E-state index in [1.807, 2.05) is 48.5 Å². The van der Waals surface area contributed by atoms with Crippen molar-refractivity contribution < 1.29 is 19.4 Å². The molecule has 168 valence electrons. The van der Waals surface area contributed by atoms with Crippen molar-refractivity contribution in [2.75, 3.05) is 7.11 Å². The number of Topliss-reactive ketones (excluding diaryl/α,β-unsaturated/α-hetero) is 1. The van der Waals surface area contributed by atoms with Crippen molar-refractivity contribution in [2.45, 2.75) is 12.6 Å². The van der Waals surface area contributed by atoms with Crippen molar-refractivity contribution in [3.05, 3.63) is 114 Å². The third-order valence-electron chi connectivity index (χ3n) is 6.05. The summed E-state index contributed by atoms with van der Waals surface area (Å²) in [5.41, 5.74) is 1.85. The number of hydrogen-bond donors (Lipinski definition) is 1. The van der Waals surface area contributed by atoms with Crippen molar-refractivity contribution in [3.63, 3.8) is 0 Å². The Morgan fingerprint density at radius 2 is 1.74 bits per heavy atom. The van der Waals surface area contributed by atoms with Gasteiger partial charge < -0.3 is 14.7 Å². The van der Waals surface area contributed by atoms with Crippen molar-refractivity contribution in [3.8, 4) is 5.75 Å². The smallest absolute Gasteiger partial charge is 0.296 e. The van der Waals surface area contributed by atoms with Crippen LogP contribution >= 0.6 is 0 Å². The molecule has 1 N–H and O–H groups in total. The molecule has 1 atom stereocenters. The molecule has 1 saturated heterocycles. The molecular weight excluding hydrogens is 428 g/mol. The Morgan fingerprint density at radius 3 is 2.53 bits per heavy atom. The van der Waals surface area contributed by atoms with Crippen LogP contribution in [0, 0.1) is 0 Å². The molecule has 0 aliphatic carbocycles. The summed E-state index contributed by atoms with van der Waals surface area (Å²) in [4.78, 5) is 32.3. The molecule has 0 bridgehead atoms. The maximum absolute atomic E-state index is 13.3. The first kappa shape index (κ1) is 21.4. The van der Waals surface area contributed by atoms with Crippen LogP contribution < -0.4 is 4.74 Å². The SMILES string of the molecule is COc1cccc(C2/C(=C(/O)c3cccc4ccccc34)C(=O)C(=O)N2Cc2ccccn2)c1. The lowest BCUT2D eigenvalue weighted by Crippen LogP contribution is -2.29. The minimum atomic E-state index is -0.795. The average molecular weight is 450 g/mol. The van der Waals surface area contributed by atoms with Crippen LogP contribution in [0.2, 0.25) is 0 Å². The van der Waals surface area contributed by atoms with Crippen LogP contribution in [0.3, 0.4) is 0 Å². The molecule has 34 heavy (non-hydrogen) atoms. The van der Waals surface area contributed by atoms with E-state index in [0.29, 0.717) is 22.6 Å². The monoisotopic (exact) mass is 450 g/mol. The maximum Gasteiger partial charge on any atom is 0.296 e. The Hall–Kier alpha value is -4.45. The van der Waals surface area contributed by atoms with Crippen molar-refractivity contribution in [1.29, 1.82) is 0 Å². The molecule has 1 aromatic heterocycles. The zero-order valence-electron chi connectivity index (χ0n) is 18.5. The van der Waals surface area contributed by atoms with Crippen LogP contribution in [0.15, 0.2) is 96.7 Å². The van der Waals surface area contributed by atoms with Crippen molar-refractivity contribution in [2.24, 2.45) is 0 Å². The van der Waals surface area contributed by atoms with E-state index in [0.717, 1.165) is 10.8 Å². The normalized spacial score (nSPS) is 17.3. The van der Waals surface area contributed by atoms with E-state index in [2.05, 4.69) is 4.98 Å². The van der Waals surface area contributed by atoms with Gasteiger partial charge in [-0.25, -0.2) is 0 Å². The number of aliphatic hydroxyl groups excluding tert-OH is 1. The van der Waals surface area contributed by atoms with E-state index >= 15 is 0 Å². The number of rotatable bonds is 5. The summed E-state index contributed by atoms with van der Waals surface area (Å²) in [6.45, 7) is 0.125. The number of aliphatic hydroxyl groups is 1. The zero-order valence-corrected chi connectivity index (χ0v) is 18.5. The highest BCUT2D eigenvalue weighted by Gasteiger charge is 2.46. The number of pyridine rings is 1. The molecule has 2 heterocycles. The van der Waals surface area contributed by atoms with Crippen LogP contribution in [0.4, 0.5) is 0 Å². The largest absolute Gasteiger partial charge is 0.507 e. The number of ketones is 1. The fourth-order valence-corrected chi connectivity index (χ4v) is 4.44. The predicted molar refractivity (Wildman–Crippen MR) is 129 cm³/mol. The van der Waals surface area contributed by atoms with Gasteiger partial charge in [0.2, 0.25) is 0 Å². The van der Waals surface area contributed by atoms with Crippen LogP contribution in [0.1, 0.15) is 22.9 Å². The predicted octanol–water partition coefficient (Wildman–Crippen LogP) is 4.87. The molecule has 1 fully saturated rings. The molecule has 3 aromatic carbocycles. The third kappa shape index (κ3) is 3.69. The van der Waals surface area contributed by atoms with E-state index in [4.69, 9.17) is 4.74 Å². The number of amides is 1. The number of fused-ring (bicyclic) bond motifs is 1. The highest BCUT2D eigenvalue weighted by atomic mass is 16.5. The molecule has 1 aliphatic rings. The second-order valence-electron chi connectivity index (χ2n) is 8.05. The standard InChI is InChI=1S/C28H22N2O4/c1-34-21-12-6-10-19(16-21)25-24(26(31)23-14-7-9-18-8-2-3-13-22(18)23)27(32)28(33)30(25)17-20-11-4-5-15-29-20/h2-16,25,31H,17H2,1H3/b26-24-. The summed E-state index contributed by atoms with van der Waals surface area (Å²) in [7, 11) is 1.56. The second kappa shape index (κ2) is 8.83. The maximum atomic E-state index is 13.3. The second-order valence-corrected chi connectivity index (χ2v) is 8.05. The number of benzene rings is 3. The third-order valence-corrected chi connectivity index (χ3v) is 6.05. The van der Waals surface area contributed by atoms with Gasteiger partial charge in [0.1, 0.15) is 11.5 Å². The van der Waals surface area contributed by atoms with Gasteiger partial charge in [0.05, 0.1) is 31.0 Å². The number of carbonyl (C=O) groups excluding carboxylic acids is 2. The summed E-state index contributed by atoms with van der Waals surface area (Å²) >= 11 is 0.